The molecule has 1 amide bonds. The first-order valence-corrected chi connectivity index (χ1v) is 9.64. The lowest BCUT2D eigenvalue weighted by molar-refractivity contribution is -0.125. The van der Waals surface area contributed by atoms with Crippen LogP contribution in [0.4, 0.5) is 5.69 Å². The Labute approximate surface area is 161 Å². The molecule has 2 aromatic carbocycles. The molecule has 0 aromatic heterocycles. The Kier molecular flexibility index (Phi) is 5.85. The van der Waals surface area contributed by atoms with Crippen molar-refractivity contribution in [1.29, 1.82) is 0 Å². The van der Waals surface area contributed by atoms with Gasteiger partial charge in [-0.15, -0.1) is 0 Å². The van der Waals surface area contributed by atoms with Gasteiger partial charge in [0.1, 0.15) is 5.75 Å². The number of ether oxygens (including phenoxy) is 2. The van der Waals surface area contributed by atoms with Crippen molar-refractivity contribution in [3.05, 3.63) is 59.2 Å². The van der Waals surface area contributed by atoms with E-state index in [1.54, 1.807) is 0 Å². The third-order valence-electron chi connectivity index (χ3n) is 5.18. The van der Waals surface area contributed by atoms with E-state index < -0.39 is 5.41 Å². The number of carbonyl (C=O) groups is 1. The summed E-state index contributed by atoms with van der Waals surface area (Å²) < 4.78 is 11.3. The fourth-order valence-corrected chi connectivity index (χ4v) is 3.60. The number of hydrogen-bond acceptors (Lipinski definition) is 3. The van der Waals surface area contributed by atoms with E-state index in [1.165, 1.54) is 5.56 Å². The molecule has 0 radical (unpaired) electrons. The zero-order valence-corrected chi connectivity index (χ0v) is 16.7. The minimum atomic E-state index is -0.549. The summed E-state index contributed by atoms with van der Waals surface area (Å²) in [5.41, 5.74) is 3.51. The molecule has 0 atom stereocenters. The van der Waals surface area contributed by atoms with Crippen LogP contribution >= 0.6 is 0 Å². The Morgan fingerprint density at radius 2 is 1.74 bits per heavy atom. The monoisotopic (exact) mass is 367 g/mol. The van der Waals surface area contributed by atoms with Crippen molar-refractivity contribution in [2.24, 2.45) is 0 Å². The van der Waals surface area contributed by atoms with E-state index in [0.717, 1.165) is 22.6 Å². The predicted molar refractivity (Wildman–Crippen MR) is 108 cm³/mol. The van der Waals surface area contributed by atoms with Crippen molar-refractivity contribution in [1.82, 2.24) is 0 Å². The van der Waals surface area contributed by atoms with E-state index in [1.807, 2.05) is 39.0 Å². The smallest absolute Gasteiger partial charge is 0.235 e. The Balaban J connectivity index is 1.85. The Hall–Kier alpha value is -2.33. The highest BCUT2D eigenvalue weighted by molar-refractivity contribution is 5.99. The summed E-state index contributed by atoms with van der Waals surface area (Å²) in [7, 11) is 0. The molecule has 0 unspecified atom stereocenters. The fraction of sp³-hybridized carbons (Fsp3) is 0.435. The van der Waals surface area contributed by atoms with Crippen molar-refractivity contribution in [3.8, 4) is 5.75 Å². The molecule has 144 valence electrons. The summed E-state index contributed by atoms with van der Waals surface area (Å²) in [5.74, 6) is 0.883. The maximum absolute atomic E-state index is 13.4. The van der Waals surface area contributed by atoms with E-state index in [0.29, 0.717) is 26.1 Å². The first-order valence-electron chi connectivity index (χ1n) is 9.64. The van der Waals surface area contributed by atoms with Crippen LogP contribution in [0.15, 0.2) is 42.5 Å². The molecule has 0 saturated carbocycles. The van der Waals surface area contributed by atoms with Crippen LogP contribution in [-0.2, 0) is 14.9 Å². The Bertz CT molecular complexity index is 790. The van der Waals surface area contributed by atoms with Gasteiger partial charge in [-0.3, -0.25) is 4.79 Å². The van der Waals surface area contributed by atoms with E-state index in [2.05, 4.69) is 36.5 Å². The quantitative estimate of drug-likeness (QED) is 0.827. The molecule has 1 aliphatic rings. The van der Waals surface area contributed by atoms with Gasteiger partial charge in [-0.05, 0) is 69.9 Å². The van der Waals surface area contributed by atoms with Gasteiger partial charge in [0.25, 0.3) is 0 Å². The predicted octanol–water partition coefficient (Wildman–Crippen LogP) is 4.78. The average molecular weight is 367 g/mol. The highest BCUT2D eigenvalue weighted by atomic mass is 16.5. The zero-order chi connectivity index (χ0) is 19.4. The third-order valence-corrected chi connectivity index (χ3v) is 5.18. The molecule has 1 N–H and O–H groups in total. The van der Waals surface area contributed by atoms with E-state index >= 15 is 0 Å². The number of nitrogens with one attached hydrogen (secondary N) is 1. The van der Waals surface area contributed by atoms with Crippen molar-refractivity contribution in [3.63, 3.8) is 0 Å². The van der Waals surface area contributed by atoms with E-state index in [9.17, 15) is 4.79 Å². The number of aryl methyl sites for hydroxylation is 2. The van der Waals surface area contributed by atoms with Crippen LogP contribution < -0.4 is 10.1 Å². The highest BCUT2D eigenvalue weighted by Crippen LogP contribution is 2.36. The van der Waals surface area contributed by atoms with Gasteiger partial charge in [0.15, 0.2) is 0 Å². The number of anilines is 1. The normalized spacial score (nSPS) is 16.2. The lowest BCUT2D eigenvalue weighted by Crippen LogP contribution is -2.44. The summed E-state index contributed by atoms with van der Waals surface area (Å²) in [5, 5.41) is 3.14. The summed E-state index contributed by atoms with van der Waals surface area (Å²) in [6.07, 6.45) is 1.50. The number of amides is 1. The van der Waals surface area contributed by atoms with Gasteiger partial charge in [0.2, 0.25) is 5.91 Å². The minimum absolute atomic E-state index is 0.0339. The lowest BCUT2D eigenvalue weighted by Gasteiger charge is -2.36. The fourth-order valence-electron chi connectivity index (χ4n) is 3.60. The zero-order valence-electron chi connectivity index (χ0n) is 16.7. The van der Waals surface area contributed by atoms with Crippen molar-refractivity contribution < 1.29 is 14.3 Å². The molecule has 1 heterocycles. The van der Waals surface area contributed by atoms with Gasteiger partial charge >= 0.3 is 0 Å². The summed E-state index contributed by atoms with van der Waals surface area (Å²) in [6.45, 7) is 9.27. The van der Waals surface area contributed by atoms with E-state index in [4.69, 9.17) is 9.47 Å². The second-order valence-electron chi connectivity index (χ2n) is 7.66. The van der Waals surface area contributed by atoms with Gasteiger partial charge in [-0.25, -0.2) is 0 Å². The van der Waals surface area contributed by atoms with Crippen molar-refractivity contribution in [2.75, 3.05) is 18.5 Å². The van der Waals surface area contributed by atoms with Crippen LogP contribution in [-0.4, -0.2) is 25.2 Å². The van der Waals surface area contributed by atoms with Gasteiger partial charge in [0.05, 0.1) is 11.5 Å². The van der Waals surface area contributed by atoms with Gasteiger partial charge < -0.3 is 14.8 Å². The summed E-state index contributed by atoms with van der Waals surface area (Å²) >= 11 is 0. The minimum Gasteiger partial charge on any atom is -0.491 e. The first kappa shape index (κ1) is 19.4. The second kappa shape index (κ2) is 8.13. The molecule has 27 heavy (non-hydrogen) atoms. The average Bonchev–Trinajstić information content (AvgIpc) is 2.65. The lowest BCUT2D eigenvalue weighted by atomic mass is 9.73. The Morgan fingerprint density at radius 1 is 1.07 bits per heavy atom. The maximum atomic E-state index is 13.4. The molecule has 0 spiro atoms. The van der Waals surface area contributed by atoms with Crippen LogP contribution in [0.25, 0.3) is 0 Å². The van der Waals surface area contributed by atoms with Gasteiger partial charge in [0, 0.05) is 18.9 Å². The number of carbonyl (C=O) groups excluding carboxylic acids is 1. The number of rotatable bonds is 5. The maximum Gasteiger partial charge on any atom is 0.235 e. The molecule has 4 nitrogen and oxygen atoms in total. The highest BCUT2D eigenvalue weighted by Gasteiger charge is 2.41. The molecule has 0 bridgehead atoms. The molecule has 4 heteroatoms. The van der Waals surface area contributed by atoms with E-state index in [-0.39, 0.29) is 12.0 Å². The molecule has 1 saturated heterocycles. The van der Waals surface area contributed by atoms with Crippen LogP contribution in [0.2, 0.25) is 0 Å². The van der Waals surface area contributed by atoms with Crippen LogP contribution in [0, 0.1) is 13.8 Å². The van der Waals surface area contributed by atoms with Crippen molar-refractivity contribution in [2.45, 2.75) is 52.1 Å². The van der Waals surface area contributed by atoms with Crippen molar-refractivity contribution >= 4 is 11.6 Å². The standard InChI is InChI=1S/C23H29NO3/c1-16(2)27-21-10-9-20(15-18(21)4)24-22(25)23(11-13-26-14-12-23)19-7-5-17(3)6-8-19/h5-10,15-16H,11-14H2,1-4H3,(H,24,25). The topological polar surface area (TPSA) is 47.6 Å². The summed E-state index contributed by atoms with van der Waals surface area (Å²) in [4.78, 5) is 13.4. The van der Waals surface area contributed by atoms with Gasteiger partial charge in [-0.2, -0.15) is 0 Å². The summed E-state index contributed by atoms with van der Waals surface area (Å²) in [6, 6.07) is 14.1. The van der Waals surface area contributed by atoms with Crippen LogP contribution in [0.3, 0.4) is 0 Å². The third kappa shape index (κ3) is 4.33. The molecule has 2 aromatic rings. The molecular weight excluding hydrogens is 338 g/mol. The molecule has 1 fully saturated rings. The van der Waals surface area contributed by atoms with Crippen LogP contribution in [0.1, 0.15) is 43.4 Å². The Morgan fingerprint density at radius 3 is 2.33 bits per heavy atom. The number of hydrogen-bond donors (Lipinski definition) is 1. The first-order chi connectivity index (χ1) is 12.9. The molecular formula is C23H29NO3. The largest absolute Gasteiger partial charge is 0.491 e. The van der Waals surface area contributed by atoms with Crippen LogP contribution in [0.5, 0.6) is 5.75 Å². The molecule has 1 aliphatic heterocycles. The SMILES string of the molecule is Cc1ccc(C2(C(=O)Nc3ccc(OC(C)C)c(C)c3)CCOCC2)cc1. The van der Waals surface area contributed by atoms with Gasteiger partial charge in [-0.1, -0.05) is 29.8 Å². The number of benzene rings is 2. The molecule has 0 aliphatic carbocycles. The second-order valence-corrected chi connectivity index (χ2v) is 7.66. The molecule has 3 rings (SSSR count).